The van der Waals surface area contributed by atoms with Gasteiger partial charge in [0.05, 0.1) is 12.3 Å². The molecular formula is C21H26ClN3O4. The Kier molecular flexibility index (Phi) is 6.47. The predicted octanol–water partition coefficient (Wildman–Crippen LogP) is 3.38. The molecule has 1 aromatic heterocycles. The minimum Gasteiger partial charge on any atom is -0.493 e. The molecular weight excluding hydrogens is 394 g/mol. The van der Waals surface area contributed by atoms with Gasteiger partial charge in [0.15, 0.2) is 0 Å². The van der Waals surface area contributed by atoms with E-state index < -0.39 is 5.41 Å². The molecule has 0 radical (unpaired) electrons. The number of nitrogens with two attached hydrogens (primary N) is 1. The molecule has 2 aromatic rings. The van der Waals surface area contributed by atoms with Crippen molar-refractivity contribution >= 4 is 23.4 Å². The summed E-state index contributed by atoms with van der Waals surface area (Å²) in [6, 6.07) is 7.14. The van der Waals surface area contributed by atoms with Gasteiger partial charge in [-0.05, 0) is 44.4 Å². The summed E-state index contributed by atoms with van der Waals surface area (Å²) in [5, 5.41) is 4.56. The summed E-state index contributed by atoms with van der Waals surface area (Å²) in [4.78, 5) is 26.5. The molecule has 1 fully saturated rings. The number of halogens is 1. The highest BCUT2D eigenvalue weighted by molar-refractivity contribution is 6.30. The summed E-state index contributed by atoms with van der Waals surface area (Å²) < 4.78 is 11.1. The third-order valence-electron chi connectivity index (χ3n) is 5.48. The van der Waals surface area contributed by atoms with Crippen LogP contribution >= 0.6 is 11.6 Å². The van der Waals surface area contributed by atoms with Gasteiger partial charge in [0.25, 0.3) is 5.91 Å². The van der Waals surface area contributed by atoms with Gasteiger partial charge in [-0.3, -0.25) is 9.59 Å². The Morgan fingerprint density at radius 3 is 2.69 bits per heavy atom. The van der Waals surface area contributed by atoms with Crippen LogP contribution in [0.1, 0.15) is 48.0 Å². The normalized spacial score (nSPS) is 15.9. The number of nitrogens with zero attached hydrogens (tertiary/aromatic N) is 2. The monoisotopic (exact) mass is 419 g/mol. The number of benzene rings is 1. The summed E-state index contributed by atoms with van der Waals surface area (Å²) >= 11 is 6.01. The molecule has 1 saturated heterocycles. The molecule has 0 atom stereocenters. The number of ether oxygens (including phenoxy) is 1. The minimum absolute atomic E-state index is 0.0796. The number of piperidine rings is 1. The van der Waals surface area contributed by atoms with Crippen molar-refractivity contribution in [3.05, 3.63) is 46.3 Å². The fraction of sp³-hybridized carbons (Fsp3) is 0.476. The quantitative estimate of drug-likeness (QED) is 0.741. The maximum Gasteiger partial charge on any atom is 0.259 e. The van der Waals surface area contributed by atoms with Gasteiger partial charge in [0, 0.05) is 29.9 Å². The van der Waals surface area contributed by atoms with E-state index in [2.05, 4.69) is 5.16 Å². The first kappa shape index (κ1) is 21.2. The van der Waals surface area contributed by atoms with Crippen LogP contribution in [0.25, 0.3) is 0 Å². The molecule has 8 heteroatoms. The number of primary amides is 1. The molecule has 0 spiro atoms. The summed E-state index contributed by atoms with van der Waals surface area (Å²) in [6.07, 6.45) is 2.08. The number of carbonyl (C=O) groups excluding carboxylic acids is 2. The Morgan fingerprint density at radius 1 is 1.34 bits per heavy atom. The lowest BCUT2D eigenvalue weighted by Crippen LogP contribution is -2.47. The van der Waals surface area contributed by atoms with E-state index in [0.29, 0.717) is 66.7 Å². The van der Waals surface area contributed by atoms with Gasteiger partial charge in [-0.25, -0.2) is 0 Å². The smallest absolute Gasteiger partial charge is 0.259 e. The number of hydrogen-bond acceptors (Lipinski definition) is 5. The van der Waals surface area contributed by atoms with Crippen molar-refractivity contribution in [2.45, 2.75) is 39.5 Å². The van der Waals surface area contributed by atoms with Crippen LogP contribution in [0, 0.1) is 12.3 Å². The molecule has 2 amide bonds. The lowest BCUT2D eigenvalue weighted by Gasteiger charge is -2.41. The number of aryl methyl sites for hydroxylation is 2. The van der Waals surface area contributed by atoms with Crippen molar-refractivity contribution in [3.63, 3.8) is 0 Å². The predicted molar refractivity (Wildman–Crippen MR) is 109 cm³/mol. The van der Waals surface area contributed by atoms with Gasteiger partial charge in [-0.1, -0.05) is 29.7 Å². The number of carbonyl (C=O) groups is 2. The van der Waals surface area contributed by atoms with Gasteiger partial charge in [-0.15, -0.1) is 0 Å². The Hall–Kier alpha value is -2.54. The highest BCUT2D eigenvalue weighted by Gasteiger charge is 2.39. The van der Waals surface area contributed by atoms with E-state index in [9.17, 15) is 9.59 Å². The van der Waals surface area contributed by atoms with Crippen molar-refractivity contribution < 1.29 is 18.8 Å². The number of rotatable bonds is 7. The molecule has 29 heavy (non-hydrogen) atoms. The molecule has 156 valence electrons. The third-order valence-corrected chi connectivity index (χ3v) is 5.72. The lowest BCUT2D eigenvalue weighted by molar-refractivity contribution is -0.121. The van der Waals surface area contributed by atoms with Crippen LogP contribution < -0.4 is 10.5 Å². The van der Waals surface area contributed by atoms with Gasteiger partial charge in [-0.2, -0.15) is 0 Å². The molecule has 0 bridgehead atoms. The van der Waals surface area contributed by atoms with Crippen LogP contribution in [-0.4, -0.2) is 41.6 Å². The lowest BCUT2D eigenvalue weighted by atomic mass is 9.76. The molecule has 3 rings (SSSR count). The minimum atomic E-state index is -0.414. The maximum absolute atomic E-state index is 13.0. The first-order chi connectivity index (χ1) is 13.8. The van der Waals surface area contributed by atoms with E-state index in [0.717, 1.165) is 0 Å². The molecule has 2 N–H and O–H groups in total. The van der Waals surface area contributed by atoms with Gasteiger partial charge in [0.2, 0.25) is 5.91 Å². The second-order valence-electron chi connectivity index (χ2n) is 7.60. The first-order valence-electron chi connectivity index (χ1n) is 9.74. The first-order valence-corrected chi connectivity index (χ1v) is 10.1. The van der Waals surface area contributed by atoms with Crippen LogP contribution in [0.4, 0.5) is 0 Å². The zero-order valence-corrected chi connectivity index (χ0v) is 17.5. The summed E-state index contributed by atoms with van der Waals surface area (Å²) in [5.41, 5.74) is 6.32. The van der Waals surface area contributed by atoms with Crippen LogP contribution in [0.2, 0.25) is 5.02 Å². The highest BCUT2D eigenvalue weighted by atomic mass is 35.5. The van der Waals surface area contributed by atoms with Gasteiger partial charge < -0.3 is 19.9 Å². The standard InChI is InChI=1S/C21H26ClN3O4/c1-3-17-19(14(2)29-24-17)20(27)25-9-7-21(8-10-25,12-18(23)26)13-28-16-6-4-5-15(22)11-16/h4-6,11H,3,7-10,12-13H2,1-2H3,(H2,23,26). The zero-order valence-electron chi connectivity index (χ0n) is 16.7. The molecule has 1 aromatic carbocycles. The largest absolute Gasteiger partial charge is 0.493 e. The zero-order chi connectivity index (χ0) is 21.0. The molecule has 1 aliphatic rings. The maximum atomic E-state index is 13.0. The van der Waals surface area contributed by atoms with E-state index in [-0.39, 0.29) is 18.2 Å². The molecule has 0 unspecified atom stereocenters. The second kappa shape index (κ2) is 8.86. The SMILES string of the molecule is CCc1noc(C)c1C(=O)N1CCC(COc2cccc(Cl)c2)(CC(N)=O)CC1. The average Bonchev–Trinajstić information content (AvgIpc) is 3.07. The van der Waals surface area contributed by atoms with E-state index in [1.807, 2.05) is 19.1 Å². The Bertz CT molecular complexity index is 888. The van der Waals surface area contributed by atoms with E-state index >= 15 is 0 Å². The summed E-state index contributed by atoms with van der Waals surface area (Å²) in [5.74, 6) is 0.726. The van der Waals surface area contributed by atoms with Crippen molar-refractivity contribution in [2.24, 2.45) is 11.1 Å². The number of likely N-dealkylation sites (tertiary alicyclic amines) is 1. The topological polar surface area (TPSA) is 98.7 Å². The molecule has 0 aliphatic carbocycles. The molecule has 2 heterocycles. The number of aromatic nitrogens is 1. The van der Waals surface area contributed by atoms with Gasteiger partial charge in [0.1, 0.15) is 17.1 Å². The fourth-order valence-electron chi connectivity index (χ4n) is 3.81. The summed E-state index contributed by atoms with van der Waals surface area (Å²) in [6.45, 7) is 5.05. The van der Waals surface area contributed by atoms with E-state index in [1.165, 1.54) is 0 Å². The Morgan fingerprint density at radius 2 is 2.07 bits per heavy atom. The molecule has 1 aliphatic heterocycles. The van der Waals surface area contributed by atoms with Crippen molar-refractivity contribution in [1.29, 1.82) is 0 Å². The fourth-order valence-corrected chi connectivity index (χ4v) is 3.99. The van der Waals surface area contributed by atoms with Crippen molar-refractivity contribution in [3.8, 4) is 5.75 Å². The highest BCUT2D eigenvalue weighted by Crippen LogP contribution is 2.36. The van der Waals surface area contributed by atoms with Crippen molar-refractivity contribution in [1.82, 2.24) is 10.1 Å². The van der Waals surface area contributed by atoms with Crippen LogP contribution in [0.15, 0.2) is 28.8 Å². The van der Waals surface area contributed by atoms with Crippen LogP contribution in [0.3, 0.4) is 0 Å². The summed E-state index contributed by atoms with van der Waals surface area (Å²) in [7, 11) is 0. The Balaban J connectivity index is 1.69. The van der Waals surface area contributed by atoms with Crippen molar-refractivity contribution in [2.75, 3.05) is 19.7 Å². The molecule has 7 nitrogen and oxygen atoms in total. The Labute approximate surface area is 175 Å². The van der Waals surface area contributed by atoms with E-state index in [4.69, 9.17) is 26.6 Å². The number of amides is 2. The van der Waals surface area contributed by atoms with Gasteiger partial charge >= 0.3 is 0 Å². The van der Waals surface area contributed by atoms with Crippen LogP contribution in [-0.2, 0) is 11.2 Å². The third kappa shape index (κ3) is 4.90. The van der Waals surface area contributed by atoms with E-state index in [1.54, 1.807) is 24.0 Å². The molecule has 0 saturated carbocycles. The second-order valence-corrected chi connectivity index (χ2v) is 8.03. The van der Waals surface area contributed by atoms with Crippen LogP contribution in [0.5, 0.6) is 5.75 Å². The number of hydrogen-bond donors (Lipinski definition) is 1. The average molecular weight is 420 g/mol.